The minimum atomic E-state index is -0.868. The molecule has 1 heterocycles. The molecule has 0 radical (unpaired) electrons. The van der Waals surface area contributed by atoms with Gasteiger partial charge in [-0.15, -0.1) is 11.3 Å². The van der Waals surface area contributed by atoms with E-state index in [1.54, 1.807) is 5.38 Å². The number of carboxylic acids is 1. The summed E-state index contributed by atoms with van der Waals surface area (Å²) in [5, 5.41) is 13.8. The molecule has 0 aliphatic rings. The highest BCUT2D eigenvalue weighted by Gasteiger charge is 2.05. The third kappa shape index (κ3) is 3.25. The van der Waals surface area contributed by atoms with E-state index < -0.39 is 5.97 Å². The Balaban J connectivity index is 2.63. The summed E-state index contributed by atoms with van der Waals surface area (Å²) in [6.45, 7) is 5.48. The van der Waals surface area contributed by atoms with E-state index in [-0.39, 0.29) is 6.42 Å². The second-order valence-corrected chi connectivity index (χ2v) is 3.48. The van der Waals surface area contributed by atoms with Gasteiger partial charge in [-0.1, -0.05) is 6.58 Å². The Hall–Kier alpha value is -1.36. The van der Waals surface area contributed by atoms with Gasteiger partial charge in [0.15, 0.2) is 5.13 Å². The fourth-order valence-corrected chi connectivity index (χ4v) is 1.57. The lowest BCUT2D eigenvalue weighted by atomic mass is 10.3. The van der Waals surface area contributed by atoms with Crippen LogP contribution < -0.4 is 5.32 Å². The van der Waals surface area contributed by atoms with Gasteiger partial charge in [0.05, 0.1) is 12.1 Å². The Morgan fingerprint density at radius 2 is 2.54 bits per heavy atom. The number of anilines is 1. The molecule has 0 unspecified atom stereocenters. The number of rotatable bonds is 4. The third-order valence-corrected chi connectivity index (χ3v) is 2.01. The van der Waals surface area contributed by atoms with Crippen molar-refractivity contribution in [3.63, 3.8) is 0 Å². The molecule has 0 saturated heterocycles. The molecule has 0 aliphatic heterocycles. The van der Waals surface area contributed by atoms with Crippen LogP contribution in [-0.4, -0.2) is 16.1 Å². The summed E-state index contributed by atoms with van der Waals surface area (Å²) >= 11 is 1.37. The molecule has 1 aromatic heterocycles. The van der Waals surface area contributed by atoms with E-state index >= 15 is 0 Å². The van der Waals surface area contributed by atoms with E-state index in [4.69, 9.17) is 5.11 Å². The number of thiazole rings is 1. The lowest BCUT2D eigenvalue weighted by Crippen LogP contribution is -2.00. The number of aliphatic carboxylic acids is 1. The molecule has 0 fully saturated rings. The van der Waals surface area contributed by atoms with Crippen molar-refractivity contribution in [1.29, 1.82) is 0 Å². The molecule has 0 saturated carbocycles. The summed E-state index contributed by atoms with van der Waals surface area (Å²) in [6.07, 6.45) is -0.0334. The van der Waals surface area contributed by atoms with Crippen LogP contribution in [0.25, 0.3) is 0 Å². The summed E-state index contributed by atoms with van der Waals surface area (Å²) in [6, 6.07) is 0. The standard InChI is InChI=1S/C8H10N2O2S/c1-5(2)9-8-10-6(4-13-8)3-7(11)12/h4H,1,3H2,2H3,(H,9,10)(H,11,12). The lowest BCUT2D eigenvalue weighted by molar-refractivity contribution is -0.136. The van der Waals surface area contributed by atoms with Crippen molar-refractivity contribution < 1.29 is 9.90 Å². The van der Waals surface area contributed by atoms with Gasteiger partial charge in [-0.2, -0.15) is 0 Å². The number of aromatic nitrogens is 1. The molecule has 1 rings (SSSR count). The monoisotopic (exact) mass is 198 g/mol. The number of carbonyl (C=O) groups is 1. The van der Waals surface area contributed by atoms with Crippen molar-refractivity contribution in [3.8, 4) is 0 Å². The van der Waals surface area contributed by atoms with Gasteiger partial charge < -0.3 is 10.4 Å². The topological polar surface area (TPSA) is 62.2 Å². The van der Waals surface area contributed by atoms with E-state index in [0.717, 1.165) is 5.70 Å². The van der Waals surface area contributed by atoms with Gasteiger partial charge in [0.1, 0.15) is 0 Å². The third-order valence-electron chi connectivity index (χ3n) is 1.20. The second kappa shape index (κ2) is 4.04. The van der Waals surface area contributed by atoms with Crippen molar-refractivity contribution in [2.75, 3.05) is 5.32 Å². The predicted octanol–water partition coefficient (Wildman–Crippen LogP) is 1.72. The average Bonchev–Trinajstić information content (AvgIpc) is 2.33. The Morgan fingerprint density at radius 1 is 1.85 bits per heavy atom. The first-order valence-electron chi connectivity index (χ1n) is 3.66. The van der Waals surface area contributed by atoms with E-state index in [1.165, 1.54) is 11.3 Å². The van der Waals surface area contributed by atoms with E-state index in [0.29, 0.717) is 10.8 Å². The van der Waals surface area contributed by atoms with Crippen LogP contribution in [0.1, 0.15) is 12.6 Å². The van der Waals surface area contributed by atoms with Crippen LogP contribution in [0.3, 0.4) is 0 Å². The van der Waals surface area contributed by atoms with Gasteiger partial charge >= 0.3 is 5.97 Å². The van der Waals surface area contributed by atoms with Crippen LogP contribution in [-0.2, 0) is 11.2 Å². The minimum absolute atomic E-state index is 0.0334. The molecule has 0 aromatic carbocycles. The fourth-order valence-electron chi connectivity index (χ4n) is 0.783. The Bertz CT molecular complexity index is 302. The van der Waals surface area contributed by atoms with Crippen LogP contribution in [0.2, 0.25) is 0 Å². The number of carboxylic acid groups (broad SMARTS) is 1. The normalized spacial score (nSPS) is 9.62. The van der Waals surface area contributed by atoms with Crippen molar-refractivity contribution >= 4 is 22.4 Å². The van der Waals surface area contributed by atoms with Crippen LogP contribution in [0.4, 0.5) is 5.13 Å². The molecule has 0 aliphatic carbocycles. The maximum Gasteiger partial charge on any atom is 0.309 e. The molecule has 1 aromatic rings. The van der Waals surface area contributed by atoms with Gasteiger partial charge in [-0.3, -0.25) is 4.79 Å². The molecular formula is C8H10N2O2S. The first kappa shape index (κ1) is 9.73. The van der Waals surface area contributed by atoms with E-state index in [2.05, 4.69) is 16.9 Å². The van der Waals surface area contributed by atoms with Crippen LogP contribution >= 0.6 is 11.3 Å². The van der Waals surface area contributed by atoms with Crippen LogP contribution in [0, 0.1) is 0 Å². The number of hydrogen-bond acceptors (Lipinski definition) is 4. The van der Waals surface area contributed by atoms with Gasteiger partial charge in [0.25, 0.3) is 0 Å². The van der Waals surface area contributed by atoms with Gasteiger partial charge in [-0.05, 0) is 6.92 Å². The highest BCUT2D eigenvalue weighted by molar-refractivity contribution is 7.13. The molecule has 0 amide bonds. The quantitative estimate of drug-likeness (QED) is 0.773. The van der Waals surface area contributed by atoms with Crippen LogP contribution in [0.15, 0.2) is 17.7 Å². The molecule has 0 atom stereocenters. The molecule has 0 bridgehead atoms. The molecule has 4 nitrogen and oxygen atoms in total. The minimum Gasteiger partial charge on any atom is -0.481 e. The summed E-state index contributed by atoms with van der Waals surface area (Å²) in [7, 11) is 0. The lowest BCUT2D eigenvalue weighted by Gasteiger charge is -1.97. The second-order valence-electron chi connectivity index (χ2n) is 2.62. The fraction of sp³-hybridized carbons (Fsp3) is 0.250. The smallest absolute Gasteiger partial charge is 0.309 e. The summed E-state index contributed by atoms with van der Waals surface area (Å²) in [5.74, 6) is -0.868. The molecule has 0 spiro atoms. The van der Waals surface area contributed by atoms with E-state index in [1.807, 2.05) is 6.92 Å². The molecule has 5 heteroatoms. The van der Waals surface area contributed by atoms with Crippen molar-refractivity contribution in [2.24, 2.45) is 0 Å². The zero-order valence-corrected chi connectivity index (χ0v) is 8.02. The maximum atomic E-state index is 10.3. The number of hydrogen-bond donors (Lipinski definition) is 2. The predicted molar refractivity (Wildman–Crippen MR) is 51.9 cm³/mol. The van der Waals surface area contributed by atoms with Gasteiger partial charge in [0.2, 0.25) is 0 Å². The highest BCUT2D eigenvalue weighted by Crippen LogP contribution is 2.16. The maximum absolute atomic E-state index is 10.3. The molecule has 2 N–H and O–H groups in total. The molecule has 70 valence electrons. The number of allylic oxidation sites excluding steroid dienone is 1. The summed E-state index contributed by atoms with van der Waals surface area (Å²) in [5.41, 5.74) is 1.36. The molecular weight excluding hydrogens is 188 g/mol. The Morgan fingerprint density at radius 3 is 3.08 bits per heavy atom. The first-order valence-corrected chi connectivity index (χ1v) is 4.54. The summed E-state index contributed by atoms with van der Waals surface area (Å²) in [4.78, 5) is 14.4. The molecule has 13 heavy (non-hydrogen) atoms. The van der Waals surface area contributed by atoms with Crippen molar-refractivity contribution in [2.45, 2.75) is 13.3 Å². The Labute approximate surface area is 79.9 Å². The average molecular weight is 198 g/mol. The number of nitrogens with zero attached hydrogens (tertiary/aromatic N) is 1. The van der Waals surface area contributed by atoms with E-state index in [9.17, 15) is 4.79 Å². The number of nitrogens with one attached hydrogen (secondary N) is 1. The summed E-state index contributed by atoms with van der Waals surface area (Å²) < 4.78 is 0. The Kier molecular flexibility index (Phi) is 3.02. The first-order chi connectivity index (χ1) is 6.08. The van der Waals surface area contributed by atoms with Gasteiger partial charge in [0, 0.05) is 11.1 Å². The van der Waals surface area contributed by atoms with Crippen molar-refractivity contribution in [3.05, 3.63) is 23.3 Å². The van der Waals surface area contributed by atoms with Crippen molar-refractivity contribution in [1.82, 2.24) is 4.98 Å². The SMILES string of the molecule is C=C(C)Nc1nc(CC(=O)O)cs1. The zero-order chi connectivity index (χ0) is 9.84. The zero-order valence-electron chi connectivity index (χ0n) is 7.20. The van der Waals surface area contributed by atoms with Crippen LogP contribution in [0.5, 0.6) is 0 Å². The highest BCUT2D eigenvalue weighted by atomic mass is 32.1. The van der Waals surface area contributed by atoms with Gasteiger partial charge in [-0.25, -0.2) is 4.98 Å². The largest absolute Gasteiger partial charge is 0.481 e.